The number of fused-ring (bicyclic) bond motifs is 1. The van der Waals surface area contributed by atoms with Crippen molar-refractivity contribution in [1.29, 1.82) is 0 Å². The van der Waals surface area contributed by atoms with E-state index < -0.39 is 0 Å². The first kappa shape index (κ1) is 18.3. The maximum atomic E-state index is 4.30. The number of nitrogens with one attached hydrogen (secondary N) is 3. The molecule has 0 aliphatic carbocycles. The molecule has 0 aliphatic heterocycles. The van der Waals surface area contributed by atoms with Crippen molar-refractivity contribution in [3.8, 4) is 0 Å². The first-order chi connectivity index (χ1) is 11.8. The summed E-state index contributed by atoms with van der Waals surface area (Å²) >= 11 is 0. The van der Waals surface area contributed by atoms with Crippen LogP contribution >= 0.6 is 0 Å². The minimum atomic E-state index is 0.873. The lowest BCUT2D eigenvalue weighted by molar-refractivity contribution is 0.300. The molecule has 24 heavy (non-hydrogen) atoms. The molecule has 0 bridgehead atoms. The average molecular weight is 329 g/mol. The second-order valence-corrected chi connectivity index (χ2v) is 5.92. The molecule has 2 rings (SSSR count). The third-order valence-corrected chi connectivity index (χ3v) is 4.42. The van der Waals surface area contributed by atoms with Crippen molar-refractivity contribution in [2.75, 3.05) is 39.8 Å². The highest BCUT2D eigenvalue weighted by Gasteiger charge is 2.04. The van der Waals surface area contributed by atoms with Gasteiger partial charge in [0.25, 0.3) is 0 Å². The number of benzene rings is 1. The molecule has 0 saturated carbocycles. The number of hydrogen-bond acceptors (Lipinski definition) is 2. The number of rotatable bonds is 9. The van der Waals surface area contributed by atoms with Crippen LogP contribution in [0.15, 0.2) is 35.5 Å². The molecular weight excluding hydrogens is 298 g/mol. The lowest BCUT2D eigenvalue weighted by Crippen LogP contribution is -2.39. The van der Waals surface area contributed by atoms with Gasteiger partial charge in [-0.15, -0.1) is 0 Å². The monoisotopic (exact) mass is 329 g/mol. The van der Waals surface area contributed by atoms with Crippen LogP contribution in [0.25, 0.3) is 10.9 Å². The zero-order valence-corrected chi connectivity index (χ0v) is 15.2. The second-order valence-electron chi connectivity index (χ2n) is 5.92. The Morgan fingerprint density at radius 1 is 1.12 bits per heavy atom. The molecule has 0 fully saturated rings. The van der Waals surface area contributed by atoms with E-state index in [0.29, 0.717) is 0 Å². The fourth-order valence-electron chi connectivity index (χ4n) is 2.92. The molecule has 0 atom stereocenters. The summed E-state index contributed by atoms with van der Waals surface area (Å²) in [6.07, 6.45) is 4.21. The van der Waals surface area contributed by atoms with Gasteiger partial charge in [0, 0.05) is 37.2 Å². The van der Waals surface area contributed by atoms with Gasteiger partial charge in [0.15, 0.2) is 5.96 Å². The molecule has 1 heterocycles. The van der Waals surface area contributed by atoms with Crippen LogP contribution in [0.3, 0.4) is 0 Å². The molecular formula is C19H31N5. The first-order valence-corrected chi connectivity index (χ1v) is 9.00. The first-order valence-electron chi connectivity index (χ1n) is 9.00. The maximum absolute atomic E-state index is 4.30. The van der Waals surface area contributed by atoms with Crippen molar-refractivity contribution >= 4 is 16.9 Å². The number of hydrogen-bond donors (Lipinski definition) is 3. The van der Waals surface area contributed by atoms with Crippen molar-refractivity contribution in [3.63, 3.8) is 0 Å². The van der Waals surface area contributed by atoms with Crippen LogP contribution in [0, 0.1) is 0 Å². The Kier molecular flexibility index (Phi) is 7.62. The summed E-state index contributed by atoms with van der Waals surface area (Å²) < 4.78 is 0. The number of aliphatic imine (C=N–C) groups is 1. The topological polar surface area (TPSA) is 55.4 Å². The molecule has 5 nitrogen and oxygen atoms in total. The largest absolute Gasteiger partial charge is 0.361 e. The van der Waals surface area contributed by atoms with E-state index in [0.717, 1.165) is 51.5 Å². The predicted octanol–water partition coefficient (Wildman–Crippen LogP) is 2.61. The Hall–Kier alpha value is -2.01. The normalized spacial score (nSPS) is 12.1. The smallest absolute Gasteiger partial charge is 0.190 e. The summed E-state index contributed by atoms with van der Waals surface area (Å²) in [5.74, 6) is 0.884. The van der Waals surface area contributed by atoms with Crippen LogP contribution in [0.1, 0.15) is 25.8 Å². The predicted molar refractivity (Wildman–Crippen MR) is 104 cm³/mol. The van der Waals surface area contributed by atoms with Crippen LogP contribution in [0.5, 0.6) is 0 Å². The Morgan fingerprint density at radius 2 is 1.88 bits per heavy atom. The Bertz CT molecular complexity index is 627. The quantitative estimate of drug-likeness (QED) is 0.376. The van der Waals surface area contributed by atoms with Gasteiger partial charge in [-0.2, -0.15) is 0 Å². The number of nitrogens with zero attached hydrogens (tertiary/aromatic N) is 2. The van der Waals surface area contributed by atoms with E-state index in [4.69, 9.17) is 0 Å². The fourth-order valence-corrected chi connectivity index (χ4v) is 2.92. The van der Waals surface area contributed by atoms with Gasteiger partial charge >= 0.3 is 0 Å². The van der Waals surface area contributed by atoms with Crippen molar-refractivity contribution in [2.45, 2.75) is 26.7 Å². The second kappa shape index (κ2) is 9.98. The number of para-hydroxylation sites is 1. The Labute approximate surface area is 145 Å². The molecule has 0 aliphatic rings. The molecule has 0 radical (unpaired) electrons. The van der Waals surface area contributed by atoms with E-state index >= 15 is 0 Å². The van der Waals surface area contributed by atoms with Gasteiger partial charge in [0.2, 0.25) is 0 Å². The molecule has 0 unspecified atom stereocenters. The van der Waals surface area contributed by atoms with Crippen LogP contribution in [-0.4, -0.2) is 55.6 Å². The SMILES string of the molecule is CCN(CC)CCCNC(=NC)NCCc1c[nH]c2ccccc12. The Morgan fingerprint density at radius 3 is 2.62 bits per heavy atom. The van der Waals surface area contributed by atoms with Gasteiger partial charge in [0.05, 0.1) is 0 Å². The van der Waals surface area contributed by atoms with Gasteiger partial charge < -0.3 is 20.5 Å². The minimum absolute atomic E-state index is 0.873. The molecule has 2 aromatic rings. The highest BCUT2D eigenvalue weighted by atomic mass is 15.2. The molecule has 0 saturated heterocycles. The van der Waals surface area contributed by atoms with Gasteiger partial charge in [-0.05, 0) is 44.1 Å². The lowest BCUT2D eigenvalue weighted by Gasteiger charge is -2.18. The summed E-state index contributed by atoms with van der Waals surface area (Å²) in [5, 5.41) is 8.10. The van der Waals surface area contributed by atoms with Crippen molar-refractivity contribution in [2.24, 2.45) is 4.99 Å². The number of H-pyrrole nitrogens is 1. The maximum Gasteiger partial charge on any atom is 0.190 e. The average Bonchev–Trinajstić information content (AvgIpc) is 3.03. The van der Waals surface area contributed by atoms with Gasteiger partial charge in [0.1, 0.15) is 0 Å². The van der Waals surface area contributed by atoms with E-state index in [1.807, 2.05) is 7.05 Å². The van der Waals surface area contributed by atoms with Crippen LogP contribution < -0.4 is 10.6 Å². The summed E-state index contributed by atoms with van der Waals surface area (Å²) in [5.41, 5.74) is 2.54. The summed E-state index contributed by atoms with van der Waals surface area (Å²) in [6, 6.07) is 8.43. The van der Waals surface area contributed by atoms with Crippen LogP contribution in [0.2, 0.25) is 0 Å². The van der Waals surface area contributed by atoms with E-state index in [1.54, 1.807) is 0 Å². The molecule has 1 aromatic heterocycles. The molecule has 0 amide bonds. The minimum Gasteiger partial charge on any atom is -0.361 e. The third kappa shape index (κ3) is 5.27. The van der Waals surface area contributed by atoms with Gasteiger partial charge in [-0.3, -0.25) is 4.99 Å². The molecule has 5 heteroatoms. The molecule has 0 spiro atoms. The van der Waals surface area contributed by atoms with Crippen molar-refractivity contribution in [1.82, 2.24) is 20.5 Å². The number of guanidine groups is 1. The highest BCUT2D eigenvalue weighted by Crippen LogP contribution is 2.17. The summed E-state index contributed by atoms with van der Waals surface area (Å²) in [4.78, 5) is 10.1. The van der Waals surface area contributed by atoms with Crippen molar-refractivity contribution < 1.29 is 0 Å². The molecule has 132 valence electrons. The zero-order valence-electron chi connectivity index (χ0n) is 15.2. The fraction of sp³-hybridized carbons (Fsp3) is 0.526. The molecule has 1 aromatic carbocycles. The van der Waals surface area contributed by atoms with E-state index in [2.05, 4.69) is 69.8 Å². The standard InChI is InChI=1S/C19H31N5/c1-4-24(5-2)14-8-12-21-19(20-3)22-13-11-16-15-23-18-10-7-6-9-17(16)18/h6-7,9-10,15,23H,4-5,8,11-14H2,1-3H3,(H2,20,21,22). The lowest BCUT2D eigenvalue weighted by atomic mass is 10.1. The molecule has 3 N–H and O–H groups in total. The van der Waals surface area contributed by atoms with Crippen molar-refractivity contribution in [3.05, 3.63) is 36.0 Å². The number of aromatic nitrogens is 1. The Balaban J connectivity index is 1.70. The van der Waals surface area contributed by atoms with E-state index in [9.17, 15) is 0 Å². The summed E-state index contributed by atoms with van der Waals surface area (Å²) in [6.45, 7) is 9.61. The zero-order chi connectivity index (χ0) is 17.2. The summed E-state index contributed by atoms with van der Waals surface area (Å²) in [7, 11) is 1.82. The van der Waals surface area contributed by atoms with Crippen LogP contribution in [-0.2, 0) is 6.42 Å². The third-order valence-electron chi connectivity index (χ3n) is 4.42. The number of aromatic amines is 1. The van der Waals surface area contributed by atoms with E-state index in [1.165, 1.54) is 16.5 Å². The van der Waals surface area contributed by atoms with Gasteiger partial charge in [-0.25, -0.2) is 0 Å². The highest BCUT2D eigenvalue weighted by molar-refractivity contribution is 5.83. The van der Waals surface area contributed by atoms with Crippen LogP contribution in [0.4, 0.5) is 0 Å². The van der Waals surface area contributed by atoms with E-state index in [-0.39, 0.29) is 0 Å². The van der Waals surface area contributed by atoms with Gasteiger partial charge in [-0.1, -0.05) is 32.0 Å².